The number of anilines is 2. The molecule has 5 heteroatoms. The highest BCUT2D eigenvalue weighted by Crippen LogP contribution is 2.34. The van der Waals surface area contributed by atoms with Gasteiger partial charge in [-0.3, -0.25) is 0 Å². The topological polar surface area (TPSA) is 50.7 Å². The summed E-state index contributed by atoms with van der Waals surface area (Å²) in [6, 6.07) is 27.2. The van der Waals surface area contributed by atoms with Crippen molar-refractivity contribution in [1.82, 2.24) is 15.2 Å². The lowest BCUT2D eigenvalue weighted by Crippen LogP contribution is -2.10. The Hall–Kier alpha value is -3.57. The minimum absolute atomic E-state index is 0.110. The molecular formula is C27H24N4S. The summed E-state index contributed by atoms with van der Waals surface area (Å²) >= 11 is 1.63. The van der Waals surface area contributed by atoms with Gasteiger partial charge in [0.1, 0.15) is 5.69 Å². The van der Waals surface area contributed by atoms with Gasteiger partial charge in [-0.05, 0) is 40.8 Å². The largest absolute Gasteiger partial charge is 0.339 e. The Kier molecular flexibility index (Phi) is 5.19. The van der Waals surface area contributed by atoms with Crippen LogP contribution in [0.2, 0.25) is 0 Å². The molecule has 5 rings (SSSR count). The molecule has 0 saturated heterocycles. The Labute approximate surface area is 192 Å². The van der Waals surface area contributed by atoms with Gasteiger partial charge in [0.05, 0.1) is 15.7 Å². The summed E-state index contributed by atoms with van der Waals surface area (Å²) in [7, 11) is 0. The molecule has 32 heavy (non-hydrogen) atoms. The first kappa shape index (κ1) is 20.3. The van der Waals surface area contributed by atoms with Gasteiger partial charge in [0, 0.05) is 16.8 Å². The Morgan fingerprint density at radius 2 is 1.56 bits per heavy atom. The minimum Gasteiger partial charge on any atom is -0.339 e. The summed E-state index contributed by atoms with van der Waals surface area (Å²) in [5, 5.41) is 12.5. The molecule has 0 spiro atoms. The number of fused-ring (bicyclic) bond motifs is 1. The van der Waals surface area contributed by atoms with Crippen LogP contribution in [-0.4, -0.2) is 15.2 Å². The lowest BCUT2D eigenvalue weighted by Gasteiger charge is -2.19. The van der Waals surface area contributed by atoms with Gasteiger partial charge in [-0.2, -0.15) is 0 Å². The lowest BCUT2D eigenvalue weighted by molar-refractivity contribution is 0.590. The van der Waals surface area contributed by atoms with E-state index in [2.05, 4.69) is 89.8 Å². The van der Waals surface area contributed by atoms with E-state index in [9.17, 15) is 0 Å². The van der Waals surface area contributed by atoms with Crippen molar-refractivity contribution in [2.75, 3.05) is 5.32 Å². The molecule has 0 bridgehead atoms. The molecule has 2 heterocycles. The maximum Gasteiger partial charge on any atom is 0.153 e. The van der Waals surface area contributed by atoms with Crippen molar-refractivity contribution < 1.29 is 0 Å². The summed E-state index contributed by atoms with van der Waals surface area (Å²) in [4.78, 5) is 4.35. The van der Waals surface area contributed by atoms with Crippen LogP contribution >= 0.6 is 11.3 Å². The summed E-state index contributed by atoms with van der Waals surface area (Å²) in [6.45, 7) is 6.69. The zero-order valence-corrected chi connectivity index (χ0v) is 19.1. The van der Waals surface area contributed by atoms with Crippen molar-refractivity contribution in [1.29, 1.82) is 0 Å². The summed E-state index contributed by atoms with van der Waals surface area (Å²) < 4.78 is 1.14. The van der Waals surface area contributed by atoms with E-state index in [0.29, 0.717) is 5.82 Å². The van der Waals surface area contributed by atoms with E-state index >= 15 is 0 Å². The number of hydrogen-bond acceptors (Lipinski definition) is 5. The second-order valence-corrected chi connectivity index (χ2v) is 9.73. The first-order chi connectivity index (χ1) is 15.5. The van der Waals surface area contributed by atoms with Gasteiger partial charge in [-0.15, -0.1) is 21.5 Å². The first-order valence-corrected chi connectivity index (χ1v) is 11.5. The molecule has 1 N–H and O–H groups in total. The molecule has 0 fully saturated rings. The maximum absolute atomic E-state index is 4.62. The molecule has 0 radical (unpaired) electrons. The molecular weight excluding hydrogens is 412 g/mol. The highest BCUT2D eigenvalue weighted by molar-refractivity contribution is 7.16. The van der Waals surface area contributed by atoms with E-state index in [1.165, 1.54) is 5.56 Å². The number of hydrogen-bond donors (Lipinski definition) is 1. The third-order valence-electron chi connectivity index (χ3n) is 5.51. The molecule has 158 valence electrons. The maximum atomic E-state index is 4.62. The third-order valence-corrected chi connectivity index (χ3v) is 6.30. The van der Waals surface area contributed by atoms with Crippen LogP contribution in [0.4, 0.5) is 11.5 Å². The first-order valence-electron chi connectivity index (χ1n) is 10.6. The number of benzene rings is 3. The van der Waals surface area contributed by atoms with Gasteiger partial charge in [0.25, 0.3) is 0 Å². The average molecular weight is 437 g/mol. The van der Waals surface area contributed by atoms with Crippen LogP contribution in [0.5, 0.6) is 0 Å². The molecule has 4 nitrogen and oxygen atoms in total. The van der Waals surface area contributed by atoms with Crippen molar-refractivity contribution in [3.63, 3.8) is 0 Å². The molecule has 0 saturated carbocycles. The monoisotopic (exact) mass is 436 g/mol. The second-order valence-electron chi connectivity index (χ2n) is 8.85. The van der Waals surface area contributed by atoms with Crippen LogP contribution in [0.25, 0.3) is 32.6 Å². The Balaban J connectivity index is 1.57. The second kappa shape index (κ2) is 8.17. The number of nitrogens with zero attached hydrogens (tertiary/aromatic N) is 3. The van der Waals surface area contributed by atoms with Crippen LogP contribution in [0.15, 0.2) is 84.4 Å². The molecule has 0 aliphatic heterocycles. The van der Waals surface area contributed by atoms with Gasteiger partial charge in [0.2, 0.25) is 0 Å². The van der Waals surface area contributed by atoms with E-state index in [1.54, 1.807) is 11.3 Å². The molecule has 2 aromatic heterocycles. The molecule has 5 aromatic rings. The van der Waals surface area contributed by atoms with Crippen LogP contribution < -0.4 is 5.32 Å². The van der Waals surface area contributed by atoms with Crippen LogP contribution in [0.3, 0.4) is 0 Å². The van der Waals surface area contributed by atoms with Crippen molar-refractivity contribution in [2.45, 2.75) is 26.2 Å². The van der Waals surface area contributed by atoms with E-state index in [4.69, 9.17) is 0 Å². The molecule has 3 aromatic carbocycles. The van der Waals surface area contributed by atoms with Crippen LogP contribution in [-0.2, 0) is 5.41 Å². The molecule has 0 amide bonds. The van der Waals surface area contributed by atoms with Gasteiger partial charge in [-0.1, -0.05) is 75.4 Å². The van der Waals surface area contributed by atoms with Crippen LogP contribution in [0.1, 0.15) is 26.3 Å². The van der Waals surface area contributed by atoms with Crippen molar-refractivity contribution in [3.8, 4) is 22.4 Å². The van der Waals surface area contributed by atoms with E-state index in [-0.39, 0.29) is 5.41 Å². The quantitative estimate of drug-likeness (QED) is 0.318. The molecule has 0 aliphatic carbocycles. The fraction of sp³-hybridized carbons (Fsp3) is 0.148. The fourth-order valence-corrected chi connectivity index (χ4v) is 4.43. The van der Waals surface area contributed by atoms with E-state index < -0.39 is 0 Å². The zero-order chi connectivity index (χ0) is 22.1. The predicted octanol–water partition coefficient (Wildman–Crippen LogP) is 7.46. The summed E-state index contributed by atoms with van der Waals surface area (Å²) in [5.74, 6) is 0.712. The lowest BCUT2D eigenvalue weighted by atomic mass is 9.86. The van der Waals surface area contributed by atoms with Gasteiger partial charge in [-0.25, -0.2) is 4.98 Å². The summed E-state index contributed by atoms with van der Waals surface area (Å²) in [6.07, 6.45) is 0. The normalized spacial score (nSPS) is 11.6. The Morgan fingerprint density at radius 3 is 2.31 bits per heavy atom. The van der Waals surface area contributed by atoms with Gasteiger partial charge in [0.15, 0.2) is 5.82 Å². The molecule has 0 aliphatic rings. The van der Waals surface area contributed by atoms with Gasteiger partial charge < -0.3 is 5.32 Å². The predicted molar refractivity (Wildman–Crippen MR) is 135 cm³/mol. The number of rotatable bonds is 4. The number of aromatic nitrogens is 3. The third kappa shape index (κ3) is 4.12. The highest BCUT2D eigenvalue weighted by atomic mass is 32.1. The van der Waals surface area contributed by atoms with Crippen molar-refractivity contribution in [2.24, 2.45) is 0 Å². The van der Waals surface area contributed by atoms with E-state index in [1.807, 2.05) is 35.8 Å². The highest BCUT2D eigenvalue weighted by Gasteiger charge is 2.16. The average Bonchev–Trinajstić information content (AvgIpc) is 3.27. The number of thiazole rings is 1. The molecule has 0 unspecified atom stereocenters. The van der Waals surface area contributed by atoms with Gasteiger partial charge >= 0.3 is 0 Å². The standard InChI is InChI=1S/C27H24N4S/c1-27(2,3)20-11-9-18(10-12-20)22-16-25(30-31-26(22)19-7-5-4-6-8-19)29-21-13-14-23-24(15-21)32-17-28-23/h4-17H,1-3H3,(H,29,30). The Morgan fingerprint density at radius 1 is 0.781 bits per heavy atom. The number of nitrogens with one attached hydrogen (secondary N) is 1. The van der Waals surface area contributed by atoms with Crippen molar-refractivity contribution in [3.05, 3.63) is 89.9 Å². The smallest absolute Gasteiger partial charge is 0.153 e. The zero-order valence-electron chi connectivity index (χ0n) is 18.3. The summed E-state index contributed by atoms with van der Waals surface area (Å²) in [5.41, 5.74) is 9.34. The fourth-order valence-electron chi connectivity index (χ4n) is 3.71. The van der Waals surface area contributed by atoms with Crippen LogP contribution in [0, 0.1) is 0 Å². The molecule has 0 atom stereocenters. The SMILES string of the molecule is CC(C)(C)c1ccc(-c2cc(Nc3ccc4ncsc4c3)nnc2-c2ccccc2)cc1. The minimum atomic E-state index is 0.110. The van der Waals surface area contributed by atoms with Crippen molar-refractivity contribution >= 4 is 33.1 Å². The van der Waals surface area contributed by atoms with E-state index in [0.717, 1.165) is 38.3 Å². The Bertz CT molecular complexity index is 1370.